The van der Waals surface area contributed by atoms with Gasteiger partial charge in [-0.15, -0.1) is 0 Å². The Balaban J connectivity index is 1.54. The summed E-state index contributed by atoms with van der Waals surface area (Å²) in [6.45, 7) is 3.14. The van der Waals surface area contributed by atoms with Gasteiger partial charge in [-0.25, -0.2) is 9.59 Å². The number of alkyl halides is 3. The molecule has 0 saturated heterocycles. The van der Waals surface area contributed by atoms with Crippen LogP contribution in [0.1, 0.15) is 44.2 Å². The Labute approximate surface area is 200 Å². The third kappa shape index (κ3) is 5.26. The van der Waals surface area contributed by atoms with E-state index in [1.54, 1.807) is 5.32 Å². The van der Waals surface area contributed by atoms with Gasteiger partial charge >= 0.3 is 18.2 Å². The van der Waals surface area contributed by atoms with Crippen LogP contribution < -0.4 is 10.6 Å². The summed E-state index contributed by atoms with van der Waals surface area (Å²) in [5.41, 5.74) is -0.565. The van der Waals surface area contributed by atoms with E-state index in [2.05, 4.69) is 5.32 Å². The van der Waals surface area contributed by atoms with Crippen LogP contribution in [0.4, 0.5) is 18.0 Å². The number of carbonyl (C=O) groups excluding carboxylic acids is 2. The fraction of sp³-hybridized carbons (Fsp3) is 0.400. The van der Waals surface area contributed by atoms with E-state index in [0.29, 0.717) is 6.92 Å². The molecule has 0 heterocycles. The normalized spacial score (nSPS) is 14.9. The van der Waals surface area contributed by atoms with Crippen LogP contribution in [0, 0.1) is 5.41 Å². The number of hydrogen-bond donors (Lipinski definition) is 3. The van der Waals surface area contributed by atoms with Gasteiger partial charge in [-0.2, -0.15) is 13.2 Å². The standard InChI is InChI=1S/C25H27F3N2O5/c1-23(2,20(31)30-24(3,21(32)33)25(26,27)28)12-13-29-22(34)35-14-19-17-10-6-4-8-15(17)16-9-5-7-11-18(16)19/h4-11,19H,12-14H2,1-3H3,(H,29,34)(H,30,31)(H,32,33). The van der Waals surface area contributed by atoms with E-state index < -0.39 is 35.1 Å². The van der Waals surface area contributed by atoms with Gasteiger partial charge in [0.15, 0.2) is 0 Å². The van der Waals surface area contributed by atoms with E-state index in [1.165, 1.54) is 13.8 Å². The Bertz CT molecular complexity index is 1090. The fourth-order valence-electron chi connectivity index (χ4n) is 3.88. The SMILES string of the molecule is CC(C)(CCNC(=O)OCC1c2ccccc2-c2ccccc21)C(=O)NC(C)(C(=O)O)C(F)(F)F. The van der Waals surface area contributed by atoms with Crippen LogP contribution in [-0.4, -0.2) is 47.9 Å². The number of ether oxygens (including phenoxy) is 1. The zero-order chi connectivity index (χ0) is 26.0. The van der Waals surface area contributed by atoms with Gasteiger partial charge in [-0.3, -0.25) is 4.79 Å². The van der Waals surface area contributed by atoms with Gasteiger partial charge in [0.2, 0.25) is 11.4 Å². The molecule has 2 aromatic rings. The van der Waals surface area contributed by atoms with Crippen LogP contribution >= 0.6 is 0 Å². The van der Waals surface area contributed by atoms with Crippen molar-refractivity contribution < 1.29 is 37.4 Å². The molecule has 188 valence electrons. The van der Waals surface area contributed by atoms with E-state index in [4.69, 9.17) is 9.84 Å². The van der Waals surface area contributed by atoms with Crippen molar-refractivity contribution in [3.8, 4) is 11.1 Å². The Hall–Kier alpha value is -3.56. The van der Waals surface area contributed by atoms with Gasteiger partial charge in [0.1, 0.15) is 6.61 Å². The number of rotatable bonds is 8. The Morgan fingerprint density at radius 3 is 1.94 bits per heavy atom. The first-order valence-electron chi connectivity index (χ1n) is 11.0. The number of hydrogen-bond acceptors (Lipinski definition) is 4. The van der Waals surface area contributed by atoms with Crippen molar-refractivity contribution in [1.29, 1.82) is 0 Å². The highest BCUT2D eigenvalue weighted by Gasteiger charge is 2.59. The number of carboxylic acid groups (broad SMARTS) is 1. The molecule has 1 aliphatic rings. The number of nitrogens with one attached hydrogen (secondary N) is 2. The third-order valence-electron chi connectivity index (χ3n) is 6.34. The van der Waals surface area contributed by atoms with Crippen molar-refractivity contribution in [2.75, 3.05) is 13.2 Å². The van der Waals surface area contributed by atoms with Crippen LogP contribution in [-0.2, 0) is 14.3 Å². The van der Waals surface area contributed by atoms with E-state index in [9.17, 15) is 27.6 Å². The molecule has 0 aromatic heterocycles. The molecule has 3 N–H and O–H groups in total. The molecule has 35 heavy (non-hydrogen) atoms. The molecule has 2 aromatic carbocycles. The highest BCUT2D eigenvalue weighted by Crippen LogP contribution is 2.44. The second kappa shape index (κ2) is 9.59. The van der Waals surface area contributed by atoms with E-state index in [-0.39, 0.29) is 25.5 Å². The number of carbonyl (C=O) groups is 3. The Kier molecular flexibility index (Phi) is 7.14. The number of halogens is 3. The van der Waals surface area contributed by atoms with Crippen molar-refractivity contribution in [2.24, 2.45) is 5.41 Å². The molecule has 2 amide bonds. The minimum Gasteiger partial charge on any atom is -0.479 e. The first-order valence-corrected chi connectivity index (χ1v) is 11.0. The molecule has 7 nitrogen and oxygen atoms in total. The predicted octanol–water partition coefficient (Wildman–Crippen LogP) is 4.46. The Morgan fingerprint density at radius 2 is 1.46 bits per heavy atom. The molecule has 10 heteroatoms. The van der Waals surface area contributed by atoms with Gasteiger partial charge in [0.25, 0.3) is 0 Å². The highest BCUT2D eigenvalue weighted by molar-refractivity contribution is 5.90. The van der Waals surface area contributed by atoms with Crippen molar-refractivity contribution in [3.05, 3.63) is 59.7 Å². The number of carboxylic acids is 1. The van der Waals surface area contributed by atoms with Crippen molar-refractivity contribution >= 4 is 18.0 Å². The minimum atomic E-state index is -5.19. The smallest absolute Gasteiger partial charge is 0.422 e. The Morgan fingerprint density at radius 1 is 0.943 bits per heavy atom. The minimum absolute atomic E-state index is 0.0451. The maximum absolute atomic E-state index is 13.2. The zero-order valence-electron chi connectivity index (χ0n) is 19.5. The van der Waals surface area contributed by atoms with Crippen LogP contribution in [0.25, 0.3) is 11.1 Å². The number of aliphatic carboxylic acids is 1. The maximum Gasteiger partial charge on any atom is 0.422 e. The summed E-state index contributed by atoms with van der Waals surface area (Å²) >= 11 is 0. The number of amides is 2. The van der Waals surface area contributed by atoms with Crippen molar-refractivity contribution in [3.63, 3.8) is 0 Å². The maximum atomic E-state index is 13.2. The molecule has 0 radical (unpaired) electrons. The van der Waals surface area contributed by atoms with Gasteiger partial charge in [-0.05, 0) is 35.6 Å². The van der Waals surface area contributed by atoms with Crippen LogP contribution in [0.3, 0.4) is 0 Å². The molecule has 0 fully saturated rings. The average Bonchev–Trinajstić information content (AvgIpc) is 3.10. The predicted molar refractivity (Wildman–Crippen MR) is 122 cm³/mol. The summed E-state index contributed by atoms with van der Waals surface area (Å²) < 4.78 is 45.0. The first kappa shape index (κ1) is 26.1. The number of fused-ring (bicyclic) bond motifs is 3. The zero-order valence-corrected chi connectivity index (χ0v) is 19.5. The molecule has 0 aliphatic heterocycles. The third-order valence-corrected chi connectivity index (χ3v) is 6.34. The summed E-state index contributed by atoms with van der Waals surface area (Å²) in [6, 6.07) is 15.7. The quantitative estimate of drug-likeness (QED) is 0.505. The second-order valence-corrected chi connectivity index (χ2v) is 9.27. The van der Waals surface area contributed by atoms with Gasteiger partial charge in [0, 0.05) is 17.9 Å². The molecule has 0 bridgehead atoms. The lowest BCUT2D eigenvalue weighted by molar-refractivity contribution is -0.208. The summed E-state index contributed by atoms with van der Waals surface area (Å²) in [7, 11) is 0. The fourth-order valence-corrected chi connectivity index (χ4v) is 3.88. The van der Waals surface area contributed by atoms with Gasteiger partial charge in [-0.1, -0.05) is 62.4 Å². The lowest BCUT2D eigenvalue weighted by Crippen LogP contribution is -2.63. The molecule has 1 aliphatic carbocycles. The molecular weight excluding hydrogens is 465 g/mol. The second-order valence-electron chi connectivity index (χ2n) is 9.27. The highest BCUT2D eigenvalue weighted by atomic mass is 19.4. The lowest BCUT2D eigenvalue weighted by atomic mass is 9.86. The molecule has 0 saturated carbocycles. The van der Waals surface area contributed by atoms with E-state index in [0.717, 1.165) is 22.3 Å². The van der Waals surface area contributed by atoms with E-state index in [1.807, 2.05) is 48.5 Å². The molecule has 0 spiro atoms. The van der Waals surface area contributed by atoms with Gasteiger partial charge in [0.05, 0.1) is 0 Å². The monoisotopic (exact) mass is 492 g/mol. The summed E-state index contributed by atoms with van der Waals surface area (Å²) in [5, 5.41) is 13.1. The van der Waals surface area contributed by atoms with Crippen LogP contribution in [0.5, 0.6) is 0 Å². The molecule has 1 unspecified atom stereocenters. The topological polar surface area (TPSA) is 105 Å². The summed E-state index contributed by atoms with van der Waals surface area (Å²) in [6.07, 6.45) is -5.96. The molecule has 3 rings (SSSR count). The first-order chi connectivity index (χ1) is 16.3. The van der Waals surface area contributed by atoms with E-state index >= 15 is 0 Å². The average molecular weight is 492 g/mol. The lowest BCUT2D eigenvalue weighted by Gasteiger charge is -2.33. The molecular formula is C25H27F3N2O5. The van der Waals surface area contributed by atoms with Crippen LogP contribution in [0.15, 0.2) is 48.5 Å². The summed E-state index contributed by atoms with van der Waals surface area (Å²) in [5.74, 6) is -3.45. The number of benzene rings is 2. The van der Waals surface area contributed by atoms with Crippen molar-refractivity contribution in [2.45, 2.75) is 44.8 Å². The molecule has 1 atom stereocenters. The number of alkyl carbamates (subject to hydrolysis) is 1. The summed E-state index contributed by atoms with van der Waals surface area (Å²) in [4.78, 5) is 35.9. The largest absolute Gasteiger partial charge is 0.479 e. The van der Waals surface area contributed by atoms with Crippen LogP contribution in [0.2, 0.25) is 0 Å². The van der Waals surface area contributed by atoms with Gasteiger partial charge < -0.3 is 20.5 Å². The van der Waals surface area contributed by atoms with Crippen molar-refractivity contribution in [1.82, 2.24) is 10.6 Å².